The second-order valence-corrected chi connectivity index (χ2v) is 6.41. The Labute approximate surface area is 139 Å². The molecule has 2 saturated heterocycles. The maximum atomic E-state index is 8.23. The van der Waals surface area contributed by atoms with Crippen molar-refractivity contribution in [3.63, 3.8) is 0 Å². The Bertz CT molecular complexity index is 814. The second-order valence-electron chi connectivity index (χ2n) is 5.58. The minimum atomic E-state index is -3.46. The van der Waals surface area contributed by atoms with E-state index in [0.717, 1.165) is 11.3 Å². The molecular formula is C14H23BN2O2S. The molecule has 3 heterocycles. The number of hydrogen-bond acceptors (Lipinski definition) is 5. The minimum Gasteiger partial charge on any atom is -0.398 e. The van der Waals surface area contributed by atoms with Crippen LogP contribution in [0.1, 0.15) is 60.5 Å². The van der Waals surface area contributed by atoms with Gasteiger partial charge in [0.15, 0.2) is 5.13 Å². The fourth-order valence-corrected chi connectivity index (χ4v) is 2.52. The fourth-order valence-electron chi connectivity index (χ4n) is 1.77. The van der Waals surface area contributed by atoms with Crippen LogP contribution in [0.4, 0.5) is 5.13 Å². The van der Waals surface area contributed by atoms with Gasteiger partial charge in [0.25, 0.3) is 0 Å². The summed E-state index contributed by atoms with van der Waals surface area (Å²) in [6.07, 6.45) is -10.3. The Morgan fingerprint density at radius 1 is 1.20 bits per heavy atom. The van der Waals surface area contributed by atoms with Crippen LogP contribution in [0.5, 0.6) is 0 Å². The first-order valence-corrected chi connectivity index (χ1v) is 7.14. The van der Waals surface area contributed by atoms with E-state index < -0.39 is 50.4 Å². The smallest absolute Gasteiger partial charge is 0.398 e. The maximum absolute atomic E-state index is 8.23. The molecule has 1 aromatic rings. The van der Waals surface area contributed by atoms with Crippen molar-refractivity contribution >= 4 is 29.2 Å². The molecule has 0 N–H and O–H groups in total. The molecule has 20 heavy (non-hydrogen) atoms. The highest BCUT2D eigenvalue weighted by atomic mass is 32.1. The SMILES string of the molecule is [2H]C1([2H])N(c2nc(B3OC(C)(C)C(C)(C)O3)cs2)C([2H])([2H])C([2H])([2H])C([2H])([2H])C1([2H])[2H]. The van der Waals surface area contributed by atoms with Gasteiger partial charge in [-0.1, -0.05) is 0 Å². The molecule has 2 aliphatic rings. The lowest BCUT2D eigenvalue weighted by molar-refractivity contribution is 0.00578. The lowest BCUT2D eigenvalue weighted by atomic mass is 9.86. The molecule has 2 aliphatic heterocycles. The Balaban J connectivity index is 2.08. The zero-order valence-electron chi connectivity index (χ0n) is 21.8. The van der Waals surface area contributed by atoms with Crippen LogP contribution in [0.15, 0.2) is 5.38 Å². The highest BCUT2D eigenvalue weighted by Gasteiger charge is 2.52. The average Bonchev–Trinajstić information content (AvgIpc) is 3.08. The molecule has 0 atom stereocenters. The molecule has 0 aromatic carbocycles. The molecule has 0 saturated carbocycles. The number of nitrogens with zero attached hydrogens (tertiary/aromatic N) is 2. The Kier molecular flexibility index (Phi) is 1.67. The number of rotatable bonds is 2. The highest BCUT2D eigenvalue weighted by molar-refractivity contribution is 7.14. The molecule has 6 heteroatoms. The molecule has 0 spiro atoms. The van der Waals surface area contributed by atoms with Crippen LogP contribution in [0.25, 0.3) is 0 Å². The van der Waals surface area contributed by atoms with Gasteiger partial charge in [-0.05, 0) is 46.8 Å². The monoisotopic (exact) mass is 304 g/mol. The number of aromatic nitrogens is 1. The number of thiazole rings is 1. The maximum Gasteiger partial charge on any atom is 0.515 e. The van der Waals surface area contributed by atoms with Crippen molar-refractivity contribution in [2.24, 2.45) is 0 Å². The quantitative estimate of drug-likeness (QED) is 0.786. The van der Waals surface area contributed by atoms with Crippen LogP contribution in [0.3, 0.4) is 0 Å². The number of hydrogen-bond donors (Lipinski definition) is 0. The zero-order valence-corrected chi connectivity index (χ0v) is 12.6. The summed E-state index contributed by atoms with van der Waals surface area (Å²) >= 11 is 0.768. The summed E-state index contributed by atoms with van der Waals surface area (Å²) in [5.41, 5.74) is -1.16. The molecular weight excluding hydrogens is 271 g/mol. The van der Waals surface area contributed by atoms with Gasteiger partial charge >= 0.3 is 7.12 Å². The molecule has 0 bridgehead atoms. The molecule has 2 fully saturated rings. The lowest BCUT2D eigenvalue weighted by Gasteiger charge is -2.32. The molecule has 0 amide bonds. The van der Waals surface area contributed by atoms with Crippen LogP contribution in [0, 0.1) is 0 Å². The predicted octanol–water partition coefficient (Wildman–Crippen LogP) is 2.43. The summed E-state index contributed by atoms with van der Waals surface area (Å²) in [7, 11) is -0.929. The normalized spacial score (nSPS) is 45.2. The first kappa shape index (κ1) is 6.67. The van der Waals surface area contributed by atoms with Crippen LogP contribution < -0.4 is 10.5 Å². The number of piperidine rings is 1. The lowest BCUT2D eigenvalue weighted by Crippen LogP contribution is -2.41. The summed E-state index contributed by atoms with van der Waals surface area (Å²) in [5, 5.41) is 1.09. The summed E-state index contributed by atoms with van der Waals surface area (Å²) in [4.78, 5) is 4.43. The van der Waals surface area contributed by atoms with E-state index in [4.69, 9.17) is 23.0 Å². The third-order valence-electron chi connectivity index (χ3n) is 3.66. The Morgan fingerprint density at radius 3 is 2.40 bits per heavy atom. The van der Waals surface area contributed by atoms with Gasteiger partial charge in [-0.3, -0.25) is 0 Å². The third-order valence-corrected chi connectivity index (χ3v) is 4.50. The van der Waals surface area contributed by atoms with Crippen LogP contribution in [-0.4, -0.2) is 36.3 Å². The van der Waals surface area contributed by atoms with Gasteiger partial charge in [0.1, 0.15) is 0 Å². The topological polar surface area (TPSA) is 34.6 Å². The summed E-state index contributed by atoms with van der Waals surface area (Å²) < 4.78 is 92.5. The van der Waals surface area contributed by atoms with E-state index in [0.29, 0.717) is 0 Å². The summed E-state index contributed by atoms with van der Waals surface area (Å²) in [6, 6.07) is 0. The van der Waals surface area contributed by atoms with Gasteiger partial charge in [0.05, 0.1) is 16.8 Å². The standard InChI is InChI=1S/C14H23BN2O2S/c1-13(2)14(3,4)19-15(18-13)11-10-20-12(16-11)17-8-6-5-7-9-17/h10H,5-9H2,1-4H3/i5D2,6D2,7D2,8D2,9D2. The van der Waals surface area contributed by atoms with E-state index >= 15 is 0 Å². The molecule has 3 rings (SSSR count). The molecule has 110 valence electrons. The molecule has 1 aromatic heterocycles. The van der Waals surface area contributed by atoms with Crippen molar-refractivity contribution in [2.45, 2.75) is 58.0 Å². The zero-order chi connectivity index (χ0) is 23.3. The van der Waals surface area contributed by atoms with Crippen molar-refractivity contribution in [1.82, 2.24) is 4.98 Å². The van der Waals surface area contributed by atoms with Crippen LogP contribution in [-0.2, 0) is 9.31 Å². The number of anilines is 1. The minimum absolute atomic E-state index is 0.204. The third kappa shape index (κ3) is 2.49. The van der Waals surface area contributed by atoms with E-state index in [2.05, 4.69) is 4.98 Å². The summed E-state index contributed by atoms with van der Waals surface area (Å²) in [5.74, 6) is 0. The van der Waals surface area contributed by atoms with Crippen molar-refractivity contribution in [2.75, 3.05) is 17.9 Å². The van der Waals surface area contributed by atoms with Gasteiger partial charge in [0.2, 0.25) is 0 Å². The first-order valence-electron chi connectivity index (χ1n) is 11.3. The molecule has 0 unspecified atom stereocenters. The molecule has 0 aliphatic carbocycles. The van der Waals surface area contributed by atoms with Crippen molar-refractivity contribution in [3.05, 3.63) is 5.38 Å². The van der Waals surface area contributed by atoms with Crippen LogP contribution in [0.2, 0.25) is 0 Å². The van der Waals surface area contributed by atoms with Crippen molar-refractivity contribution in [3.8, 4) is 0 Å². The van der Waals surface area contributed by atoms with E-state index in [1.807, 2.05) is 27.7 Å². The molecule has 0 radical (unpaired) electrons. The van der Waals surface area contributed by atoms with E-state index in [1.165, 1.54) is 5.38 Å². The molecule has 4 nitrogen and oxygen atoms in total. The van der Waals surface area contributed by atoms with Gasteiger partial charge in [0, 0.05) is 32.1 Å². The Morgan fingerprint density at radius 2 is 1.80 bits per heavy atom. The van der Waals surface area contributed by atoms with Crippen molar-refractivity contribution in [1.29, 1.82) is 0 Å². The van der Waals surface area contributed by atoms with Gasteiger partial charge < -0.3 is 14.2 Å². The highest BCUT2D eigenvalue weighted by Crippen LogP contribution is 2.36. The van der Waals surface area contributed by atoms with Crippen LogP contribution >= 0.6 is 11.3 Å². The van der Waals surface area contributed by atoms with Gasteiger partial charge in [-0.15, -0.1) is 11.3 Å². The van der Waals surface area contributed by atoms with E-state index in [1.54, 1.807) is 0 Å². The summed E-state index contributed by atoms with van der Waals surface area (Å²) in [6.45, 7) is 0.800. The average molecular weight is 304 g/mol. The predicted molar refractivity (Wildman–Crippen MR) is 83.9 cm³/mol. The van der Waals surface area contributed by atoms with Gasteiger partial charge in [-0.2, -0.15) is 0 Å². The van der Waals surface area contributed by atoms with E-state index in [-0.39, 0.29) is 15.6 Å². The van der Waals surface area contributed by atoms with E-state index in [9.17, 15) is 0 Å². The first-order chi connectivity index (χ1) is 13.2. The van der Waals surface area contributed by atoms with Crippen molar-refractivity contribution < 1.29 is 23.0 Å². The van der Waals surface area contributed by atoms with Gasteiger partial charge in [-0.25, -0.2) is 4.98 Å². The second kappa shape index (κ2) is 5.00. The largest absolute Gasteiger partial charge is 0.515 e. The fraction of sp³-hybridized carbons (Fsp3) is 0.786. The Hall–Kier alpha value is -0.585.